The summed E-state index contributed by atoms with van der Waals surface area (Å²) in [5.74, 6) is -2.19. The lowest BCUT2D eigenvalue weighted by molar-refractivity contribution is -0.263. The number of amides is 2. The van der Waals surface area contributed by atoms with E-state index in [0.29, 0.717) is 6.08 Å². The van der Waals surface area contributed by atoms with Crippen molar-refractivity contribution in [2.75, 3.05) is 19.7 Å². The molecule has 9 heteroatoms. The van der Waals surface area contributed by atoms with Crippen LogP contribution in [0, 0.1) is 0 Å². The summed E-state index contributed by atoms with van der Waals surface area (Å²) in [5, 5.41) is 0. The highest BCUT2D eigenvalue weighted by Gasteiger charge is 2.38. The zero-order chi connectivity index (χ0) is 21.2. The number of nitrogens with zero attached hydrogens (tertiary/aromatic N) is 2. The van der Waals surface area contributed by atoms with E-state index in [1.165, 1.54) is 11.1 Å². The number of morpholine rings is 1. The van der Waals surface area contributed by atoms with Gasteiger partial charge in [0.05, 0.1) is 18.7 Å². The number of carbonyl (C=O) groups excluding carboxylic acids is 2. The van der Waals surface area contributed by atoms with Crippen molar-refractivity contribution >= 4 is 17.4 Å². The molecule has 2 heterocycles. The number of alkyl halides is 2. The van der Waals surface area contributed by atoms with Crippen LogP contribution in [0.3, 0.4) is 0 Å². The number of allylic oxidation sites excluding steroid dienone is 2. The van der Waals surface area contributed by atoms with E-state index in [1.54, 1.807) is 43.3 Å². The lowest BCUT2D eigenvalue weighted by Crippen LogP contribution is -2.49. The topological polar surface area (TPSA) is 75.9 Å². The van der Waals surface area contributed by atoms with Gasteiger partial charge in [-0.2, -0.15) is 13.2 Å². The van der Waals surface area contributed by atoms with E-state index in [1.807, 2.05) is 0 Å². The number of hydrogen-bond donors (Lipinski definition) is 1. The Morgan fingerprint density at radius 2 is 1.97 bits per heavy atom. The molecule has 1 aromatic carbocycles. The third kappa shape index (κ3) is 4.68. The molecule has 2 amide bonds. The second kappa shape index (κ2) is 8.12. The van der Waals surface area contributed by atoms with Gasteiger partial charge in [-0.05, 0) is 36.3 Å². The SMILES string of the molecule is CC1C(c2ccc(C(=O)N3CCOC(F)(F)C3)cc2)=CC=CN1C(=O)/C=C(\N)F. The van der Waals surface area contributed by atoms with Gasteiger partial charge in [0.2, 0.25) is 0 Å². The number of hydrogen-bond acceptors (Lipinski definition) is 4. The van der Waals surface area contributed by atoms with Gasteiger partial charge >= 0.3 is 6.11 Å². The summed E-state index contributed by atoms with van der Waals surface area (Å²) in [4.78, 5) is 27.0. The molecule has 2 aliphatic rings. The van der Waals surface area contributed by atoms with Crippen molar-refractivity contribution in [1.29, 1.82) is 0 Å². The first-order chi connectivity index (χ1) is 13.7. The molecule has 2 N–H and O–H groups in total. The highest BCUT2D eigenvalue weighted by Crippen LogP contribution is 2.27. The largest absolute Gasteiger partial charge is 0.375 e. The number of rotatable bonds is 3. The minimum atomic E-state index is -3.35. The van der Waals surface area contributed by atoms with Crippen molar-refractivity contribution in [2.24, 2.45) is 5.73 Å². The minimum Gasteiger partial charge on any atom is -0.375 e. The van der Waals surface area contributed by atoms with Gasteiger partial charge < -0.3 is 20.3 Å². The van der Waals surface area contributed by atoms with E-state index < -0.39 is 36.5 Å². The van der Waals surface area contributed by atoms with Crippen LogP contribution in [-0.4, -0.2) is 53.5 Å². The van der Waals surface area contributed by atoms with E-state index in [0.717, 1.165) is 16.0 Å². The number of ether oxygens (including phenoxy) is 1. The number of carbonyl (C=O) groups is 2. The smallest absolute Gasteiger partial charge is 0.373 e. The third-order valence-electron chi connectivity index (χ3n) is 4.71. The number of halogens is 3. The van der Waals surface area contributed by atoms with Gasteiger partial charge in [-0.15, -0.1) is 0 Å². The average Bonchev–Trinajstić information content (AvgIpc) is 2.66. The van der Waals surface area contributed by atoms with E-state index in [4.69, 9.17) is 5.73 Å². The van der Waals surface area contributed by atoms with Crippen molar-refractivity contribution in [3.05, 3.63) is 65.8 Å². The van der Waals surface area contributed by atoms with Gasteiger partial charge in [0, 0.05) is 18.3 Å². The first-order valence-corrected chi connectivity index (χ1v) is 8.93. The molecule has 1 atom stereocenters. The van der Waals surface area contributed by atoms with Crippen LogP contribution in [0.25, 0.3) is 5.57 Å². The summed E-state index contributed by atoms with van der Waals surface area (Å²) in [6.45, 7) is 0.841. The second-order valence-corrected chi connectivity index (χ2v) is 6.70. The Bertz CT molecular complexity index is 890. The quantitative estimate of drug-likeness (QED) is 0.618. The van der Waals surface area contributed by atoms with E-state index in [-0.39, 0.29) is 18.7 Å². The summed E-state index contributed by atoms with van der Waals surface area (Å²) < 4.78 is 43.9. The Hall–Kier alpha value is -3.07. The molecule has 154 valence electrons. The maximum Gasteiger partial charge on any atom is 0.373 e. The zero-order valence-corrected chi connectivity index (χ0v) is 15.6. The highest BCUT2D eigenvalue weighted by molar-refractivity contribution is 5.95. The molecule has 0 aromatic heterocycles. The monoisotopic (exact) mass is 407 g/mol. The Morgan fingerprint density at radius 1 is 1.28 bits per heavy atom. The van der Waals surface area contributed by atoms with Gasteiger partial charge in [-0.3, -0.25) is 9.59 Å². The number of nitrogens with two attached hydrogens (primary N) is 1. The predicted octanol–water partition coefficient (Wildman–Crippen LogP) is 2.65. The standard InChI is InChI=1S/C20H20F3N3O3/c1-13-16(3-2-8-26(13)18(27)11-17(21)24)14-4-6-15(7-5-14)19(28)25-9-10-29-20(22,23)12-25/h2-8,11,13H,9-10,12,24H2,1H3/b17-11-. The van der Waals surface area contributed by atoms with Crippen molar-refractivity contribution < 1.29 is 27.5 Å². The van der Waals surface area contributed by atoms with Gasteiger partial charge in [0.15, 0.2) is 5.95 Å². The molecular formula is C20H20F3N3O3. The molecule has 1 saturated heterocycles. The van der Waals surface area contributed by atoms with Crippen molar-refractivity contribution in [3.8, 4) is 0 Å². The van der Waals surface area contributed by atoms with Crippen LogP contribution in [0.1, 0.15) is 22.8 Å². The molecule has 0 spiro atoms. The fourth-order valence-corrected chi connectivity index (χ4v) is 3.27. The molecule has 1 aromatic rings. The molecule has 0 saturated carbocycles. The second-order valence-electron chi connectivity index (χ2n) is 6.70. The van der Waals surface area contributed by atoms with Crippen LogP contribution >= 0.6 is 0 Å². The minimum absolute atomic E-state index is 0.0887. The predicted molar refractivity (Wildman–Crippen MR) is 100 cm³/mol. The summed E-state index contributed by atoms with van der Waals surface area (Å²) >= 11 is 0. The molecule has 1 unspecified atom stereocenters. The number of benzene rings is 1. The normalized spacial score (nSPS) is 21.7. The van der Waals surface area contributed by atoms with Crippen LogP contribution in [0.5, 0.6) is 0 Å². The fraction of sp³-hybridized carbons (Fsp3) is 0.300. The summed E-state index contributed by atoms with van der Waals surface area (Å²) in [6.07, 6.45) is 2.31. The van der Waals surface area contributed by atoms with Gasteiger partial charge in [0.1, 0.15) is 6.54 Å². The van der Waals surface area contributed by atoms with Gasteiger partial charge in [-0.25, -0.2) is 0 Å². The Balaban J connectivity index is 1.75. The van der Waals surface area contributed by atoms with Crippen molar-refractivity contribution in [3.63, 3.8) is 0 Å². The molecular weight excluding hydrogens is 387 g/mol. The molecule has 2 aliphatic heterocycles. The molecule has 0 aliphatic carbocycles. The Morgan fingerprint density at radius 3 is 2.59 bits per heavy atom. The molecule has 3 rings (SSSR count). The molecule has 0 bridgehead atoms. The summed E-state index contributed by atoms with van der Waals surface area (Å²) in [5.41, 5.74) is 6.71. The van der Waals surface area contributed by atoms with Crippen LogP contribution in [0.15, 0.2) is 54.6 Å². The maximum atomic E-state index is 13.4. The van der Waals surface area contributed by atoms with E-state index >= 15 is 0 Å². The first kappa shape index (κ1) is 20.7. The fourth-order valence-electron chi connectivity index (χ4n) is 3.27. The van der Waals surface area contributed by atoms with Crippen molar-refractivity contribution in [1.82, 2.24) is 9.80 Å². The molecule has 1 fully saturated rings. The maximum absolute atomic E-state index is 13.4. The molecule has 29 heavy (non-hydrogen) atoms. The van der Waals surface area contributed by atoms with Crippen LogP contribution in [-0.2, 0) is 9.53 Å². The highest BCUT2D eigenvalue weighted by atomic mass is 19.3. The van der Waals surface area contributed by atoms with Crippen LogP contribution in [0.4, 0.5) is 13.2 Å². The lowest BCUT2D eigenvalue weighted by Gasteiger charge is -2.32. The van der Waals surface area contributed by atoms with Crippen LogP contribution in [0.2, 0.25) is 0 Å². The first-order valence-electron chi connectivity index (χ1n) is 8.93. The lowest BCUT2D eigenvalue weighted by atomic mass is 9.95. The summed E-state index contributed by atoms with van der Waals surface area (Å²) in [7, 11) is 0. The van der Waals surface area contributed by atoms with E-state index in [9.17, 15) is 22.8 Å². The summed E-state index contributed by atoms with van der Waals surface area (Å²) in [6, 6.07) is 6.04. The van der Waals surface area contributed by atoms with Crippen LogP contribution < -0.4 is 5.73 Å². The van der Waals surface area contributed by atoms with Gasteiger partial charge in [-0.1, -0.05) is 18.2 Å². The Kier molecular flexibility index (Phi) is 5.78. The zero-order valence-electron chi connectivity index (χ0n) is 15.6. The molecule has 0 radical (unpaired) electrons. The average molecular weight is 407 g/mol. The Labute approximate surface area is 165 Å². The van der Waals surface area contributed by atoms with Crippen molar-refractivity contribution in [2.45, 2.75) is 19.1 Å². The van der Waals surface area contributed by atoms with E-state index in [2.05, 4.69) is 4.74 Å². The third-order valence-corrected chi connectivity index (χ3v) is 4.71. The van der Waals surface area contributed by atoms with Gasteiger partial charge in [0.25, 0.3) is 11.8 Å². The molecule has 6 nitrogen and oxygen atoms in total.